The van der Waals surface area contributed by atoms with Crippen molar-refractivity contribution in [1.29, 1.82) is 0 Å². The second-order valence-electron chi connectivity index (χ2n) is 5.65. The molecule has 136 valence electrons. The number of methoxy groups -OCH3 is 2. The van der Waals surface area contributed by atoms with Crippen molar-refractivity contribution in [1.82, 2.24) is 0 Å². The molecule has 2 aliphatic rings. The first-order valence-electron chi connectivity index (χ1n) is 7.94. The zero-order valence-corrected chi connectivity index (χ0v) is 14.9. The summed E-state index contributed by atoms with van der Waals surface area (Å²) in [6, 6.07) is 5.22. The number of benzene rings is 1. The molecule has 7 nitrogen and oxygen atoms in total. The summed E-state index contributed by atoms with van der Waals surface area (Å²) in [7, 11) is 2.83. The van der Waals surface area contributed by atoms with E-state index < -0.39 is 17.0 Å². The van der Waals surface area contributed by atoms with E-state index in [1.165, 1.54) is 7.11 Å². The van der Waals surface area contributed by atoms with Crippen LogP contribution >= 0.6 is 11.8 Å². The fraction of sp³-hybridized carbons (Fsp3) is 0.529. The second-order valence-corrected chi connectivity index (χ2v) is 7.00. The van der Waals surface area contributed by atoms with Crippen LogP contribution in [0.3, 0.4) is 0 Å². The Morgan fingerprint density at radius 1 is 1.32 bits per heavy atom. The summed E-state index contributed by atoms with van der Waals surface area (Å²) in [5, 5.41) is 0. The summed E-state index contributed by atoms with van der Waals surface area (Å²) < 4.78 is 25.2. The van der Waals surface area contributed by atoms with Crippen LogP contribution in [0.4, 0.5) is 0 Å². The summed E-state index contributed by atoms with van der Waals surface area (Å²) >= 11 is 1.14. The minimum atomic E-state index is -1.40. The van der Waals surface area contributed by atoms with Crippen molar-refractivity contribution in [2.24, 2.45) is 0 Å². The van der Waals surface area contributed by atoms with Crippen LogP contribution in [0.25, 0.3) is 0 Å². The molecular weight excluding hydrogens is 348 g/mol. The monoisotopic (exact) mass is 368 g/mol. The predicted octanol–water partition coefficient (Wildman–Crippen LogP) is 1.81. The molecule has 25 heavy (non-hydrogen) atoms. The molecular formula is C17H20O7S. The lowest BCUT2D eigenvalue weighted by Gasteiger charge is -2.27. The molecule has 0 amide bonds. The molecule has 0 spiro atoms. The number of ketones is 1. The Bertz CT molecular complexity index is 656. The van der Waals surface area contributed by atoms with Gasteiger partial charge in [0.15, 0.2) is 16.8 Å². The van der Waals surface area contributed by atoms with Gasteiger partial charge in [-0.2, -0.15) is 0 Å². The first kappa shape index (κ1) is 18.0. The van der Waals surface area contributed by atoms with Gasteiger partial charge in [0.05, 0.1) is 32.3 Å². The van der Waals surface area contributed by atoms with E-state index in [0.29, 0.717) is 36.0 Å². The number of Topliss-reactive ketones (excluding diaryl/α,β-unsaturated/α-hetero) is 1. The van der Waals surface area contributed by atoms with Crippen molar-refractivity contribution in [3.63, 3.8) is 0 Å². The number of rotatable bonds is 5. The van der Waals surface area contributed by atoms with Crippen molar-refractivity contribution in [2.75, 3.05) is 34.0 Å². The Kier molecular flexibility index (Phi) is 5.51. The van der Waals surface area contributed by atoms with Gasteiger partial charge in [-0.3, -0.25) is 9.59 Å². The molecule has 1 atom stereocenters. The van der Waals surface area contributed by atoms with Gasteiger partial charge in [0.1, 0.15) is 18.1 Å². The first-order chi connectivity index (χ1) is 12.1. The standard InChI is InChI=1S/C17H20O7S/c1-20-11-3-4-12-13(9-11)25-17(16(19)21-2,14(18)10-24-12)6-5-15-22-7-8-23-15/h3-4,9,15H,5-8,10H2,1-2H3. The zero-order chi connectivity index (χ0) is 17.9. The van der Waals surface area contributed by atoms with E-state index in [1.54, 1.807) is 25.3 Å². The number of thioether (sulfide) groups is 1. The molecule has 0 N–H and O–H groups in total. The topological polar surface area (TPSA) is 80.3 Å². The molecule has 1 aromatic carbocycles. The number of hydrogen-bond acceptors (Lipinski definition) is 8. The van der Waals surface area contributed by atoms with Crippen LogP contribution in [0.2, 0.25) is 0 Å². The number of carbonyl (C=O) groups excluding carboxylic acids is 2. The van der Waals surface area contributed by atoms with Gasteiger partial charge in [-0.1, -0.05) is 11.8 Å². The van der Waals surface area contributed by atoms with E-state index in [4.69, 9.17) is 23.7 Å². The van der Waals surface area contributed by atoms with Crippen molar-refractivity contribution >= 4 is 23.5 Å². The second kappa shape index (κ2) is 7.63. The summed E-state index contributed by atoms with van der Waals surface area (Å²) in [6.07, 6.45) is 0.227. The molecule has 1 saturated heterocycles. The van der Waals surface area contributed by atoms with Crippen molar-refractivity contribution in [3.8, 4) is 11.5 Å². The highest BCUT2D eigenvalue weighted by Gasteiger charge is 2.50. The summed E-state index contributed by atoms with van der Waals surface area (Å²) in [4.78, 5) is 26.0. The molecule has 1 unspecified atom stereocenters. The molecule has 0 bridgehead atoms. The van der Waals surface area contributed by atoms with E-state index >= 15 is 0 Å². The van der Waals surface area contributed by atoms with Crippen LogP contribution in [0.1, 0.15) is 12.8 Å². The average molecular weight is 368 g/mol. The van der Waals surface area contributed by atoms with Gasteiger partial charge in [-0.15, -0.1) is 0 Å². The van der Waals surface area contributed by atoms with Crippen molar-refractivity contribution in [3.05, 3.63) is 18.2 Å². The molecule has 0 radical (unpaired) electrons. The Morgan fingerprint density at radius 2 is 2.08 bits per heavy atom. The van der Waals surface area contributed by atoms with E-state index in [0.717, 1.165) is 11.8 Å². The maximum atomic E-state index is 12.8. The van der Waals surface area contributed by atoms with Crippen LogP contribution in [-0.2, 0) is 23.8 Å². The van der Waals surface area contributed by atoms with E-state index in [9.17, 15) is 9.59 Å². The fourth-order valence-corrected chi connectivity index (χ4v) is 4.16. The zero-order valence-electron chi connectivity index (χ0n) is 14.1. The summed E-state index contributed by atoms with van der Waals surface area (Å²) in [5.41, 5.74) is 0. The van der Waals surface area contributed by atoms with Crippen molar-refractivity contribution in [2.45, 2.75) is 28.8 Å². The van der Waals surface area contributed by atoms with Crippen molar-refractivity contribution < 1.29 is 33.3 Å². The van der Waals surface area contributed by atoms with Crippen LogP contribution < -0.4 is 9.47 Å². The largest absolute Gasteiger partial charge is 0.497 e. The molecule has 0 saturated carbocycles. The maximum absolute atomic E-state index is 12.8. The smallest absolute Gasteiger partial charge is 0.330 e. The highest BCUT2D eigenvalue weighted by atomic mass is 32.2. The summed E-state index contributed by atoms with van der Waals surface area (Å²) in [6.45, 7) is 0.827. The molecule has 8 heteroatoms. The predicted molar refractivity (Wildman–Crippen MR) is 89.0 cm³/mol. The third-order valence-corrected chi connectivity index (χ3v) is 5.67. The third-order valence-electron chi connectivity index (χ3n) is 4.18. The van der Waals surface area contributed by atoms with Crippen LogP contribution in [0, 0.1) is 0 Å². The molecule has 0 aliphatic carbocycles. The van der Waals surface area contributed by atoms with Gasteiger partial charge >= 0.3 is 5.97 Å². The SMILES string of the molecule is COC(=O)C1(CCC2OCCO2)Sc2cc(OC)ccc2OCC1=O. The quantitative estimate of drug-likeness (QED) is 0.575. The number of esters is 1. The van der Waals surface area contributed by atoms with Crippen LogP contribution in [0.15, 0.2) is 23.1 Å². The normalized spacial score (nSPS) is 23.5. The van der Waals surface area contributed by atoms with E-state index in [2.05, 4.69) is 0 Å². The minimum Gasteiger partial charge on any atom is -0.497 e. The third kappa shape index (κ3) is 3.61. The van der Waals surface area contributed by atoms with Crippen LogP contribution in [0.5, 0.6) is 11.5 Å². The van der Waals surface area contributed by atoms with Gasteiger partial charge in [-0.25, -0.2) is 0 Å². The van der Waals surface area contributed by atoms with Crippen LogP contribution in [-0.4, -0.2) is 56.8 Å². The Balaban J connectivity index is 1.92. The lowest BCUT2D eigenvalue weighted by atomic mass is 9.97. The number of ether oxygens (including phenoxy) is 5. The first-order valence-corrected chi connectivity index (χ1v) is 8.75. The Hall–Kier alpha value is -1.77. The molecule has 3 rings (SSSR count). The van der Waals surface area contributed by atoms with Gasteiger partial charge in [0.2, 0.25) is 0 Å². The number of hydrogen-bond donors (Lipinski definition) is 0. The van der Waals surface area contributed by atoms with Gasteiger partial charge in [0, 0.05) is 6.42 Å². The van der Waals surface area contributed by atoms with Gasteiger partial charge in [0.25, 0.3) is 0 Å². The highest BCUT2D eigenvalue weighted by molar-refractivity contribution is 8.02. The fourth-order valence-electron chi connectivity index (χ4n) is 2.83. The molecule has 1 aromatic rings. The molecule has 2 heterocycles. The van der Waals surface area contributed by atoms with Gasteiger partial charge in [-0.05, 0) is 24.6 Å². The highest BCUT2D eigenvalue weighted by Crippen LogP contribution is 2.46. The Labute approximate surface area is 149 Å². The van der Waals surface area contributed by atoms with E-state index in [1.807, 2.05) is 0 Å². The lowest BCUT2D eigenvalue weighted by molar-refractivity contribution is -0.148. The molecule has 2 aliphatic heterocycles. The summed E-state index contributed by atoms with van der Waals surface area (Å²) in [5.74, 6) is 0.223. The maximum Gasteiger partial charge on any atom is 0.330 e. The molecule has 0 aromatic heterocycles. The van der Waals surface area contributed by atoms with Gasteiger partial charge < -0.3 is 23.7 Å². The lowest BCUT2D eigenvalue weighted by Crippen LogP contribution is -2.46. The number of fused-ring (bicyclic) bond motifs is 1. The van der Waals surface area contributed by atoms with E-state index in [-0.39, 0.29) is 18.8 Å². The minimum absolute atomic E-state index is 0.201. The Morgan fingerprint density at radius 3 is 2.76 bits per heavy atom. The molecule has 1 fully saturated rings. The number of carbonyl (C=O) groups is 2. The average Bonchev–Trinajstić information content (AvgIpc) is 3.11.